The summed E-state index contributed by atoms with van der Waals surface area (Å²) < 4.78 is 6.92. The van der Waals surface area contributed by atoms with E-state index in [-0.39, 0.29) is 12.5 Å². The van der Waals surface area contributed by atoms with Gasteiger partial charge in [0.15, 0.2) is 0 Å². The molecule has 6 nitrogen and oxygen atoms in total. The average molecular weight is 288 g/mol. The molecule has 0 saturated carbocycles. The van der Waals surface area contributed by atoms with Gasteiger partial charge in [0.25, 0.3) is 0 Å². The van der Waals surface area contributed by atoms with Crippen LogP contribution < -0.4 is 10.5 Å². The van der Waals surface area contributed by atoms with Crippen molar-refractivity contribution in [2.75, 3.05) is 19.4 Å². The van der Waals surface area contributed by atoms with Crippen LogP contribution in [0.15, 0.2) is 36.7 Å². The van der Waals surface area contributed by atoms with Crippen LogP contribution in [0.5, 0.6) is 5.75 Å². The van der Waals surface area contributed by atoms with E-state index in [0.29, 0.717) is 18.8 Å². The molecule has 0 atom stereocenters. The van der Waals surface area contributed by atoms with Crippen LogP contribution in [-0.2, 0) is 17.9 Å². The molecule has 1 heterocycles. The molecule has 0 aliphatic carbocycles. The zero-order valence-electron chi connectivity index (χ0n) is 12.3. The van der Waals surface area contributed by atoms with Gasteiger partial charge in [0.1, 0.15) is 12.3 Å². The summed E-state index contributed by atoms with van der Waals surface area (Å²) in [5.41, 5.74) is 7.18. The Bertz CT molecular complexity index is 592. The number of rotatable bonds is 6. The predicted octanol–water partition coefficient (Wildman–Crippen LogP) is 1.52. The summed E-state index contributed by atoms with van der Waals surface area (Å²) in [5.74, 6) is 0.814. The number of hydrogen-bond acceptors (Lipinski definition) is 4. The lowest BCUT2D eigenvalue weighted by Gasteiger charge is -2.17. The maximum atomic E-state index is 12.1. The fraction of sp³-hybridized carbons (Fsp3) is 0.333. The molecule has 1 amide bonds. The van der Waals surface area contributed by atoms with Gasteiger partial charge in [-0.3, -0.25) is 9.48 Å². The minimum absolute atomic E-state index is 0.0213. The molecule has 2 N–H and O–H groups in total. The van der Waals surface area contributed by atoms with Gasteiger partial charge in [-0.05, 0) is 24.6 Å². The molecular weight excluding hydrogens is 268 g/mol. The Morgan fingerprint density at radius 3 is 2.67 bits per heavy atom. The number of carbonyl (C=O) groups is 1. The largest absolute Gasteiger partial charge is 0.494 e. The van der Waals surface area contributed by atoms with Crippen LogP contribution in [0.4, 0.5) is 5.69 Å². The Hall–Kier alpha value is -2.50. The number of ether oxygens (including phenoxy) is 1. The first kappa shape index (κ1) is 14.9. The van der Waals surface area contributed by atoms with Crippen LogP contribution in [0, 0.1) is 0 Å². The molecule has 0 spiro atoms. The van der Waals surface area contributed by atoms with Crippen molar-refractivity contribution < 1.29 is 9.53 Å². The number of hydrogen-bond donors (Lipinski definition) is 1. The van der Waals surface area contributed by atoms with Crippen LogP contribution in [0.1, 0.15) is 12.5 Å². The van der Waals surface area contributed by atoms with E-state index < -0.39 is 0 Å². The van der Waals surface area contributed by atoms with Gasteiger partial charge < -0.3 is 15.4 Å². The topological polar surface area (TPSA) is 73.4 Å². The normalized spacial score (nSPS) is 10.4. The number of nitrogens with zero attached hydrogens (tertiary/aromatic N) is 3. The van der Waals surface area contributed by atoms with Gasteiger partial charge in [0, 0.05) is 19.8 Å². The molecule has 0 bridgehead atoms. The summed E-state index contributed by atoms with van der Waals surface area (Å²) in [6.45, 7) is 3.32. The molecule has 0 aliphatic heterocycles. The van der Waals surface area contributed by atoms with E-state index in [1.165, 1.54) is 10.9 Å². The second-order valence-corrected chi connectivity index (χ2v) is 4.80. The van der Waals surface area contributed by atoms with Crippen molar-refractivity contribution in [3.8, 4) is 5.75 Å². The third-order valence-corrected chi connectivity index (χ3v) is 3.03. The number of likely N-dealkylation sites (N-methyl/N-ethyl adjacent to an activating group) is 1. The molecular formula is C15H20N4O2. The van der Waals surface area contributed by atoms with Crippen molar-refractivity contribution in [2.24, 2.45) is 0 Å². The predicted molar refractivity (Wildman–Crippen MR) is 80.7 cm³/mol. The average Bonchev–Trinajstić information content (AvgIpc) is 2.86. The molecule has 0 radical (unpaired) electrons. The van der Waals surface area contributed by atoms with Crippen LogP contribution >= 0.6 is 0 Å². The summed E-state index contributed by atoms with van der Waals surface area (Å²) >= 11 is 0. The second kappa shape index (κ2) is 6.78. The molecule has 0 aliphatic rings. The summed E-state index contributed by atoms with van der Waals surface area (Å²) in [5, 5.41) is 4.00. The van der Waals surface area contributed by atoms with Gasteiger partial charge in [0.2, 0.25) is 5.91 Å². The molecule has 6 heteroatoms. The Kier molecular flexibility index (Phi) is 4.81. The molecule has 1 aromatic carbocycles. The monoisotopic (exact) mass is 288 g/mol. The SMILES string of the molecule is CCOc1ccc(CN(C)C(=O)Cn2cc(N)cn2)cc1. The van der Waals surface area contributed by atoms with E-state index in [4.69, 9.17) is 10.5 Å². The number of anilines is 1. The van der Waals surface area contributed by atoms with Crippen molar-refractivity contribution in [3.05, 3.63) is 42.2 Å². The summed E-state index contributed by atoms with van der Waals surface area (Å²) in [6.07, 6.45) is 3.17. The third-order valence-electron chi connectivity index (χ3n) is 3.03. The maximum absolute atomic E-state index is 12.1. The van der Waals surface area contributed by atoms with Gasteiger partial charge in [-0.25, -0.2) is 0 Å². The lowest BCUT2D eigenvalue weighted by Crippen LogP contribution is -2.29. The van der Waals surface area contributed by atoms with Crippen LogP contribution in [0.2, 0.25) is 0 Å². The Labute approximate surface area is 124 Å². The number of aromatic nitrogens is 2. The molecule has 1 aromatic heterocycles. The number of nitrogen functional groups attached to an aromatic ring is 1. The molecule has 2 aromatic rings. The lowest BCUT2D eigenvalue weighted by atomic mass is 10.2. The van der Waals surface area contributed by atoms with Gasteiger partial charge in [-0.2, -0.15) is 5.10 Å². The fourth-order valence-corrected chi connectivity index (χ4v) is 1.95. The molecule has 112 valence electrons. The number of benzene rings is 1. The van der Waals surface area contributed by atoms with Crippen LogP contribution in [0.25, 0.3) is 0 Å². The van der Waals surface area contributed by atoms with E-state index >= 15 is 0 Å². The van der Waals surface area contributed by atoms with E-state index in [9.17, 15) is 4.79 Å². The van der Waals surface area contributed by atoms with Crippen LogP contribution in [0.3, 0.4) is 0 Å². The van der Waals surface area contributed by atoms with Gasteiger partial charge in [0.05, 0.1) is 18.5 Å². The van der Waals surface area contributed by atoms with Gasteiger partial charge >= 0.3 is 0 Å². The minimum Gasteiger partial charge on any atom is -0.494 e. The zero-order chi connectivity index (χ0) is 15.2. The number of amides is 1. The van der Waals surface area contributed by atoms with Crippen LogP contribution in [-0.4, -0.2) is 34.2 Å². The fourth-order valence-electron chi connectivity index (χ4n) is 1.95. The first-order valence-electron chi connectivity index (χ1n) is 6.82. The van der Waals surface area contributed by atoms with Crippen molar-refractivity contribution in [1.82, 2.24) is 14.7 Å². The molecule has 0 unspecified atom stereocenters. The van der Waals surface area contributed by atoms with Crippen molar-refractivity contribution in [1.29, 1.82) is 0 Å². The highest BCUT2D eigenvalue weighted by Crippen LogP contribution is 2.13. The van der Waals surface area contributed by atoms with E-state index in [2.05, 4.69) is 5.10 Å². The highest BCUT2D eigenvalue weighted by Gasteiger charge is 2.10. The second-order valence-electron chi connectivity index (χ2n) is 4.80. The summed E-state index contributed by atoms with van der Waals surface area (Å²) in [7, 11) is 1.77. The summed E-state index contributed by atoms with van der Waals surface area (Å²) in [6, 6.07) is 7.73. The lowest BCUT2D eigenvalue weighted by molar-refractivity contribution is -0.131. The smallest absolute Gasteiger partial charge is 0.244 e. The number of nitrogens with two attached hydrogens (primary N) is 1. The van der Waals surface area contributed by atoms with E-state index in [1.54, 1.807) is 18.1 Å². The number of carbonyl (C=O) groups excluding carboxylic acids is 1. The minimum atomic E-state index is -0.0213. The van der Waals surface area contributed by atoms with Crippen molar-refractivity contribution >= 4 is 11.6 Å². The first-order chi connectivity index (χ1) is 10.1. The summed E-state index contributed by atoms with van der Waals surface area (Å²) in [4.78, 5) is 13.8. The van der Waals surface area contributed by atoms with E-state index in [0.717, 1.165) is 11.3 Å². The Morgan fingerprint density at radius 2 is 2.10 bits per heavy atom. The van der Waals surface area contributed by atoms with Crippen molar-refractivity contribution in [3.63, 3.8) is 0 Å². The molecule has 0 saturated heterocycles. The molecule has 0 fully saturated rings. The molecule has 21 heavy (non-hydrogen) atoms. The quantitative estimate of drug-likeness (QED) is 0.874. The third kappa shape index (κ3) is 4.24. The molecule has 2 rings (SSSR count). The Morgan fingerprint density at radius 1 is 1.38 bits per heavy atom. The van der Waals surface area contributed by atoms with E-state index in [1.807, 2.05) is 31.2 Å². The van der Waals surface area contributed by atoms with Gasteiger partial charge in [-0.1, -0.05) is 12.1 Å². The Balaban J connectivity index is 1.90. The first-order valence-corrected chi connectivity index (χ1v) is 6.82. The van der Waals surface area contributed by atoms with Gasteiger partial charge in [-0.15, -0.1) is 0 Å². The highest BCUT2D eigenvalue weighted by atomic mass is 16.5. The maximum Gasteiger partial charge on any atom is 0.244 e. The van der Waals surface area contributed by atoms with Crippen molar-refractivity contribution in [2.45, 2.75) is 20.0 Å². The zero-order valence-corrected chi connectivity index (χ0v) is 12.3. The standard InChI is InChI=1S/C15H20N4O2/c1-3-21-14-6-4-12(5-7-14)9-18(2)15(20)11-19-10-13(16)8-17-19/h4-8,10H,3,9,11,16H2,1-2H3. The highest BCUT2D eigenvalue weighted by molar-refractivity contribution is 5.75.